The van der Waals surface area contributed by atoms with E-state index in [1.807, 2.05) is 54.6 Å². The highest BCUT2D eigenvalue weighted by Crippen LogP contribution is 2.39. The lowest BCUT2D eigenvalue weighted by Crippen LogP contribution is -2.03. The van der Waals surface area contributed by atoms with E-state index in [0.717, 1.165) is 11.1 Å². The molecule has 0 radical (unpaired) electrons. The number of carbonyl (C=O) groups is 1. The van der Waals surface area contributed by atoms with E-state index in [1.54, 1.807) is 34.9 Å². The molecule has 1 amide bonds. The number of ether oxygens (including phenoxy) is 1. The summed E-state index contributed by atoms with van der Waals surface area (Å²) in [4.78, 5) is 12.3. The molecule has 0 saturated carbocycles. The van der Waals surface area contributed by atoms with E-state index < -0.39 is 5.91 Å². The fraction of sp³-hybridized carbons (Fsp3) is 0.0800. The number of hydrogen-bond acceptors (Lipinski definition) is 4. The predicted octanol–water partition coefficient (Wildman–Crippen LogP) is 5.88. The van der Waals surface area contributed by atoms with Crippen LogP contribution in [0.3, 0.4) is 0 Å². The van der Waals surface area contributed by atoms with Gasteiger partial charge in [0.05, 0.1) is 12.1 Å². The molecular weight excluding hydrogens is 390 g/mol. The molecular formula is C25H21N3O3. The predicted molar refractivity (Wildman–Crippen MR) is 120 cm³/mol. The summed E-state index contributed by atoms with van der Waals surface area (Å²) in [5, 5.41) is 19.6. The molecule has 0 aliphatic heterocycles. The molecule has 6 heteroatoms. The molecule has 1 heterocycles. The average molecular weight is 411 g/mol. The maximum absolute atomic E-state index is 12.3. The molecule has 0 spiro atoms. The summed E-state index contributed by atoms with van der Waals surface area (Å²) in [5.41, 5.74) is 2.36. The second kappa shape index (κ2) is 9.09. The van der Waals surface area contributed by atoms with Crippen LogP contribution < -0.4 is 4.74 Å². The number of aromatic nitrogens is 1. The lowest BCUT2D eigenvalue weighted by Gasteiger charge is -2.12. The monoisotopic (exact) mass is 411 g/mol. The number of hydrogen-bond donors (Lipinski definition) is 1. The van der Waals surface area contributed by atoms with Gasteiger partial charge in [-0.05, 0) is 24.3 Å². The lowest BCUT2D eigenvalue weighted by molar-refractivity contribution is 0.0995. The number of aromatic hydroxyl groups is 1. The second-order valence-electron chi connectivity index (χ2n) is 6.85. The van der Waals surface area contributed by atoms with Crippen molar-refractivity contribution in [1.29, 1.82) is 0 Å². The fourth-order valence-corrected chi connectivity index (χ4v) is 3.36. The highest BCUT2D eigenvalue weighted by atomic mass is 16.5. The number of nitrogens with zero attached hydrogens (tertiary/aromatic N) is 3. The molecule has 0 atom stereocenters. The molecule has 0 aliphatic carbocycles. The summed E-state index contributed by atoms with van der Waals surface area (Å²) >= 11 is 0. The minimum absolute atomic E-state index is 0.0654. The lowest BCUT2D eigenvalue weighted by atomic mass is 10.2. The average Bonchev–Trinajstić information content (AvgIpc) is 3.08. The topological polar surface area (TPSA) is 76.2 Å². The Bertz CT molecular complexity index is 1260. The normalized spacial score (nSPS) is 11.1. The Kier molecular flexibility index (Phi) is 5.89. The third kappa shape index (κ3) is 4.23. The van der Waals surface area contributed by atoms with Crippen molar-refractivity contribution < 1.29 is 14.6 Å². The van der Waals surface area contributed by atoms with Gasteiger partial charge in [0.25, 0.3) is 5.91 Å². The van der Waals surface area contributed by atoms with Crippen LogP contribution in [-0.4, -0.2) is 22.2 Å². The first-order valence-electron chi connectivity index (χ1n) is 9.82. The van der Waals surface area contributed by atoms with Gasteiger partial charge in [0, 0.05) is 16.5 Å². The quantitative estimate of drug-likeness (QED) is 0.305. The van der Waals surface area contributed by atoms with Crippen LogP contribution in [0.4, 0.5) is 5.69 Å². The zero-order valence-electron chi connectivity index (χ0n) is 16.8. The largest absolute Gasteiger partial charge is 0.493 e. The first kappa shape index (κ1) is 20.1. The number of azo groups is 1. The van der Waals surface area contributed by atoms with Gasteiger partial charge in [-0.1, -0.05) is 67.3 Å². The van der Waals surface area contributed by atoms with Crippen molar-refractivity contribution in [2.75, 3.05) is 6.61 Å². The van der Waals surface area contributed by atoms with Crippen LogP contribution in [0.25, 0.3) is 10.9 Å². The Morgan fingerprint density at radius 2 is 1.71 bits per heavy atom. The third-order valence-electron chi connectivity index (χ3n) is 4.84. The van der Waals surface area contributed by atoms with Crippen molar-refractivity contribution in [3.05, 3.63) is 103 Å². The van der Waals surface area contributed by atoms with E-state index in [0.29, 0.717) is 29.9 Å². The zero-order chi connectivity index (χ0) is 21.6. The van der Waals surface area contributed by atoms with Gasteiger partial charge in [-0.3, -0.25) is 4.79 Å². The summed E-state index contributed by atoms with van der Waals surface area (Å²) in [5.74, 6) is 0.173. The third-order valence-corrected chi connectivity index (χ3v) is 4.84. The second-order valence-corrected chi connectivity index (χ2v) is 6.85. The number of rotatable bonds is 7. The molecule has 0 aliphatic rings. The van der Waals surface area contributed by atoms with Gasteiger partial charge in [0.15, 0.2) is 5.69 Å². The Labute approximate surface area is 179 Å². The minimum atomic E-state index is -0.472. The van der Waals surface area contributed by atoms with Gasteiger partial charge in [-0.25, -0.2) is 0 Å². The Hall–Kier alpha value is -4.19. The van der Waals surface area contributed by atoms with Gasteiger partial charge in [0.1, 0.15) is 12.4 Å². The molecule has 4 aromatic rings. The van der Waals surface area contributed by atoms with E-state index in [2.05, 4.69) is 16.8 Å². The first-order valence-corrected chi connectivity index (χ1v) is 9.82. The molecule has 1 N–H and O–H groups in total. The van der Waals surface area contributed by atoms with Crippen LogP contribution in [0.15, 0.2) is 102 Å². The van der Waals surface area contributed by atoms with Gasteiger partial charge >= 0.3 is 0 Å². The maximum atomic E-state index is 12.3. The molecule has 0 fully saturated rings. The van der Waals surface area contributed by atoms with Crippen LogP contribution >= 0.6 is 0 Å². The number of para-hydroxylation sites is 2. The van der Waals surface area contributed by atoms with E-state index in [9.17, 15) is 9.90 Å². The van der Waals surface area contributed by atoms with Crippen molar-refractivity contribution >= 4 is 22.5 Å². The zero-order valence-corrected chi connectivity index (χ0v) is 16.8. The number of amides is 1. The summed E-state index contributed by atoms with van der Waals surface area (Å²) in [6, 6.07) is 23.8. The summed E-state index contributed by atoms with van der Waals surface area (Å²) < 4.78 is 7.47. The molecule has 1 aromatic heterocycles. The SMILES string of the molecule is C=CCOc1ccccc1Cn1c(O)c(N=NC(=O)c2ccccc2)c2ccccc21. The highest BCUT2D eigenvalue weighted by Gasteiger charge is 2.18. The van der Waals surface area contributed by atoms with Crippen molar-refractivity contribution in [1.82, 2.24) is 4.57 Å². The van der Waals surface area contributed by atoms with Crippen LogP contribution in [0.5, 0.6) is 11.6 Å². The van der Waals surface area contributed by atoms with Gasteiger partial charge < -0.3 is 14.4 Å². The summed E-state index contributed by atoms with van der Waals surface area (Å²) in [6.45, 7) is 4.43. The maximum Gasteiger partial charge on any atom is 0.295 e. The molecule has 31 heavy (non-hydrogen) atoms. The Morgan fingerprint density at radius 3 is 2.52 bits per heavy atom. The molecule has 0 unspecified atom stereocenters. The Morgan fingerprint density at radius 1 is 1.00 bits per heavy atom. The van der Waals surface area contributed by atoms with Crippen molar-refractivity contribution in [3.63, 3.8) is 0 Å². The van der Waals surface area contributed by atoms with E-state index >= 15 is 0 Å². The molecule has 154 valence electrons. The molecule has 0 bridgehead atoms. The molecule has 6 nitrogen and oxygen atoms in total. The number of fused-ring (bicyclic) bond motifs is 1. The standard InChI is InChI=1S/C25H21N3O3/c1-2-16-31-22-15-9-6-12-19(22)17-28-21-14-8-7-13-20(21)23(25(28)30)26-27-24(29)18-10-4-3-5-11-18/h2-15,30H,1,16-17H2. The van der Waals surface area contributed by atoms with Gasteiger partial charge in [0.2, 0.25) is 5.88 Å². The minimum Gasteiger partial charge on any atom is -0.493 e. The number of benzene rings is 3. The van der Waals surface area contributed by atoms with Crippen LogP contribution in [-0.2, 0) is 6.54 Å². The summed E-state index contributed by atoms with van der Waals surface area (Å²) in [7, 11) is 0. The number of carbonyl (C=O) groups excluding carboxylic acids is 1. The van der Waals surface area contributed by atoms with Crippen LogP contribution in [0, 0.1) is 0 Å². The fourth-order valence-electron chi connectivity index (χ4n) is 3.36. The van der Waals surface area contributed by atoms with Gasteiger partial charge in [-0.2, -0.15) is 0 Å². The van der Waals surface area contributed by atoms with E-state index in [-0.39, 0.29) is 11.6 Å². The van der Waals surface area contributed by atoms with Crippen molar-refractivity contribution in [3.8, 4) is 11.6 Å². The van der Waals surface area contributed by atoms with E-state index in [4.69, 9.17) is 4.74 Å². The Balaban J connectivity index is 1.72. The molecule has 3 aromatic carbocycles. The van der Waals surface area contributed by atoms with Crippen LogP contribution in [0.1, 0.15) is 15.9 Å². The molecule has 0 saturated heterocycles. The smallest absolute Gasteiger partial charge is 0.295 e. The van der Waals surface area contributed by atoms with E-state index in [1.165, 1.54) is 0 Å². The van der Waals surface area contributed by atoms with Gasteiger partial charge in [-0.15, -0.1) is 10.2 Å². The first-order chi connectivity index (χ1) is 15.2. The summed E-state index contributed by atoms with van der Waals surface area (Å²) in [6.07, 6.45) is 1.68. The van der Waals surface area contributed by atoms with Crippen LogP contribution in [0.2, 0.25) is 0 Å². The molecule has 4 rings (SSSR count). The highest BCUT2D eigenvalue weighted by molar-refractivity contribution is 5.97. The van der Waals surface area contributed by atoms with Crippen molar-refractivity contribution in [2.45, 2.75) is 6.54 Å². The van der Waals surface area contributed by atoms with Crippen molar-refractivity contribution in [2.24, 2.45) is 10.2 Å².